The van der Waals surface area contributed by atoms with Crippen molar-refractivity contribution < 1.29 is 14.4 Å². The number of pyridine rings is 1. The number of amides is 3. The summed E-state index contributed by atoms with van der Waals surface area (Å²) in [6.07, 6.45) is 6.73. The average Bonchev–Trinajstić information content (AvgIpc) is 3.32. The first-order chi connectivity index (χ1) is 19.2. The summed E-state index contributed by atoms with van der Waals surface area (Å²) < 4.78 is 4.04. The molecule has 1 unspecified atom stereocenters. The zero-order valence-electron chi connectivity index (χ0n) is 22.5. The number of benzene rings is 2. The number of anilines is 2. The van der Waals surface area contributed by atoms with Gasteiger partial charge in [0, 0.05) is 23.3 Å². The predicted octanol–water partition coefficient (Wildman–Crippen LogP) is 4.83. The van der Waals surface area contributed by atoms with Gasteiger partial charge in [0.05, 0.1) is 11.2 Å². The van der Waals surface area contributed by atoms with Gasteiger partial charge in [-0.05, 0) is 85.2 Å². The minimum absolute atomic E-state index is 0.0250. The van der Waals surface area contributed by atoms with Crippen LogP contribution in [0.5, 0.6) is 0 Å². The molecule has 0 bridgehead atoms. The number of aromatic nitrogens is 2. The topological polar surface area (TPSA) is 144 Å². The van der Waals surface area contributed by atoms with Gasteiger partial charge in [-0.2, -0.15) is 4.37 Å². The maximum Gasteiger partial charge on any atom is 0.273 e. The van der Waals surface area contributed by atoms with Crippen LogP contribution < -0.4 is 21.7 Å². The largest absolute Gasteiger partial charge is 0.395 e. The molecule has 1 aliphatic rings. The number of nitrogens with zero attached hydrogens (tertiary/aromatic N) is 3. The predicted molar refractivity (Wildman–Crippen MR) is 157 cm³/mol. The van der Waals surface area contributed by atoms with Gasteiger partial charge in [0.1, 0.15) is 10.9 Å². The Labute approximate surface area is 236 Å². The summed E-state index contributed by atoms with van der Waals surface area (Å²) in [6, 6.07) is 14.0. The number of nitrogens with two attached hydrogens (primary N) is 2. The van der Waals surface area contributed by atoms with Gasteiger partial charge in [0.15, 0.2) is 5.69 Å². The van der Waals surface area contributed by atoms with Gasteiger partial charge in [-0.15, -0.1) is 0 Å². The minimum Gasteiger partial charge on any atom is -0.395 e. The van der Waals surface area contributed by atoms with Crippen LogP contribution >= 0.6 is 11.5 Å². The Bertz CT molecular complexity index is 1570. The van der Waals surface area contributed by atoms with E-state index in [0.29, 0.717) is 11.3 Å². The Hall–Kier alpha value is -4.31. The molecule has 0 spiro atoms. The summed E-state index contributed by atoms with van der Waals surface area (Å²) in [7, 11) is 0. The second-order valence-corrected chi connectivity index (χ2v) is 11.1. The van der Waals surface area contributed by atoms with E-state index in [-0.39, 0.29) is 28.2 Å². The van der Waals surface area contributed by atoms with E-state index in [1.54, 1.807) is 6.20 Å². The molecule has 3 amide bonds. The van der Waals surface area contributed by atoms with E-state index in [2.05, 4.69) is 14.7 Å². The lowest BCUT2D eigenvalue weighted by Gasteiger charge is -2.33. The van der Waals surface area contributed by atoms with Crippen molar-refractivity contribution in [3.8, 4) is 0 Å². The molecule has 1 aliphatic carbocycles. The van der Waals surface area contributed by atoms with Crippen LogP contribution in [0.25, 0.3) is 10.9 Å². The van der Waals surface area contributed by atoms with E-state index < -0.39 is 17.9 Å². The van der Waals surface area contributed by atoms with E-state index in [9.17, 15) is 14.4 Å². The van der Waals surface area contributed by atoms with Gasteiger partial charge >= 0.3 is 0 Å². The van der Waals surface area contributed by atoms with Crippen molar-refractivity contribution in [3.63, 3.8) is 0 Å². The third-order valence-electron chi connectivity index (χ3n) is 7.26. The molecule has 10 heteroatoms. The Morgan fingerprint density at radius 1 is 1.02 bits per heavy atom. The first kappa shape index (κ1) is 27.3. The van der Waals surface area contributed by atoms with Crippen LogP contribution in [-0.2, 0) is 4.79 Å². The molecule has 2 aromatic carbocycles. The minimum atomic E-state index is -1.03. The van der Waals surface area contributed by atoms with Gasteiger partial charge in [0.25, 0.3) is 11.8 Å². The average molecular weight is 557 g/mol. The fraction of sp³-hybridized carbons (Fsp3) is 0.300. The molecule has 1 fully saturated rings. The maximum absolute atomic E-state index is 14.4. The van der Waals surface area contributed by atoms with E-state index >= 15 is 0 Å². The molecule has 2 heterocycles. The molecule has 2 aromatic heterocycles. The number of carbonyl (C=O) groups excluding carboxylic acids is 3. The van der Waals surface area contributed by atoms with E-state index in [1.165, 1.54) is 4.90 Å². The Kier molecular flexibility index (Phi) is 7.79. The number of fused-ring (bicyclic) bond motifs is 1. The molecule has 40 heavy (non-hydrogen) atoms. The van der Waals surface area contributed by atoms with Crippen molar-refractivity contribution in [2.75, 3.05) is 10.6 Å². The third-order valence-corrected chi connectivity index (χ3v) is 8.11. The lowest BCUT2D eigenvalue weighted by Crippen LogP contribution is -2.47. The van der Waals surface area contributed by atoms with Gasteiger partial charge in [0.2, 0.25) is 5.91 Å². The first-order valence-corrected chi connectivity index (χ1v) is 14.1. The Balaban J connectivity index is 1.69. The summed E-state index contributed by atoms with van der Waals surface area (Å²) in [5, 5.41) is 4.07. The molecule has 5 N–H and O–H groups in total. The number of aryl methyl sites for hydroxylation is 2. The highest BCUT2D eigenvalue weighted by Crippen LogP contribution is 2.35. The summed E-state index contributed by atoms with van der Waals surface area (Å²) in [4.78, 5) is 46.4. The van der Waals surface area contributed by atoms with E-state index in [4.69, 9.17) is 11.5 Å². The molecule has 9 nitrogen and oxygen atoms in total. The number of carbonyl (C=O) groups is 3. The quantitative estimate of drug-likeness (QED) is 0.297. The Morgan fingerprint density at radius 2 is 1.75 bits per heavy atom. The molecule has 0 radical (unpaired) electrons. The summed E-state index contributed by atoms with van der Waals surface area (Å²) in [5.41, 5.74) is 15.2. The Morgan fingerprint density at radius 3 is 2.42 bits per heavy atom. The lowest BCUT2D eigenvalue weighted by molar-refractivity contribution is -0.123. The van der Waals surface area contributed by atoms with Crippen LogP contribution in [0.2, 0.25) is 0 Å². The molecule has 206 valence electrons. The highest BCUT2D eigenvalue weighted by molar-refractivity contribution is 7.09. The van der Waals surface area contributed by atoms with Gasteiger partial charge in [-0.3, -0.25) is 24.3 Å². The zero-order chi connectivity index (χ0) is 28.4. The van der Waals surface area contributed by atoms with Crippen LogP contribution in [0, 0.1) is 13.8 Å². The van der Waals surface area contributed by atoms with E-state index in [0.717, 1.165) is 65.7 Å². The van der Waals surface area contributed by atoms with Gasteiger partial charge < -0.3 is 16.8 Å². The summed E-state index contributed by atoms with van der Waals surface area (Å²) in [6.45, 7) is 3.87. The SMILES string of the molecule is Cc1cc(C)cc(N(C(=O)c2snc(C(N)=O)c2N)C(C(=O)NC2CCCCC2)c2ccc3ncccc3c2)c1. The van der Waals surface area contributed by atoms with Crippen LogP contribution in [0.3, 0.4) is 0 Å². The maximum atomic E-state index is 14.4. The van der Waals surface area contributed by atoms with Crippen LogP contribution in [-0.4, -0.2) is 33.1 Å². The second kappa shape index (κ2) is 11.4. The van der Waals surface area contributed by atoms with Crippen molar-refractivity contribution in [1.29, 1.82) is 0 Å². The second-order valence-electron chi connectivity index (χ2n) is 10.4. The number of nitrogens with one attached hydrogen (secondary N) is 1. The van der Waals surface area contributed by atoms with E-state index in [1.807, 2.05) is 62.4 Å². The fourth-order valence-electron chi connectivity index (χ4n) is 5.42. The smallest absolute Gasteiger partial charge is 0.273 e. The van der Waals surface area contributed by atoms with Crippen molar-refractivity contribution >= 4 is 51.5 Å². The molecular weight excluding hydrogens is 524 g/mol. The highest BCUT2D eigenvalue weighted by atomic mass is 32.1. The molecule has 1 saturated carbocycles. The number of rotatable bonds is 7. The molecule has 1 atom stereocenters. The molecule has 4 aromatic rings. The van der Waals surface area contributed by atoms with Crippen molar-refractivity contribution in [1.82, 2.24) is 14.7 Å². The number of primary amides is 1. The fourth-order valence-corrected chi connectivity index (χ4v) is 6.16. The van der Waals surface area contributed by atoms with Crippen LogP contribution in [0.1, 0.15) is 75.0 Å². The third kappa shape index (κ3) is 5.53. The molecular formula is C30H32N6O3S. The normalized spacial score (nSPS) is 14.6. The first-order valence-electron chi connectivity index (χ1n) is 13.3. The van der Waals surface area contributed by atoms with Crippen LogP contribution in [0.15, 0.2) is 54.7 Å². The number of nitrogen functional groups attached to an aromatic ring is 1. The van der Waals surface area contributed by atoms with Crippen molar-refractivity contribution in [2.24, 2.45) is 5.73 Å². The monoisotopic (exact) mass is 556 g/mol. The summed E-state index contributed by atoms with van der Waals surface area (Å²) >= 11 is 0.798. The van der Waals surface area contributed by atoms with Gasteiger partial charge in [-0.1, -0.05) is 37.5 Å². The van der Waals surface area contributed by atoms with Crippen LogP contribution in [0.4, 0.5) is 11.4 Å². The molecule has 0 aliphatic heterocycles. The van der Waals surface area contributed by atoms with Gasteiger partial charge in [-0.25, -0.2) is 0 Å². The van der Waals surface area contributed by atoms with Crippen molar-refractivity contribution in [2.45, 2.75) is 58.0 Å². The molecule has 5 rings (SSSR count). The number of hydrogen-bond acceptors (Lipinski definition) is 7. The zero-order valence-corrected chi connectivity index (χ0v) is 23.3. The van der Waals surface area contributed by atoms with Crippen molar-refractivity contribution in [3.05, 3.63) is 82.0 Å². The lowest BCUT2D eigenvalue weighted by atomic mass is 9.94. The number of hydrogen-bond donors (Lipinski definition) is 3. The summed E-state index contributed by atoms with van der Waals surface area (Å²) in [5.74, 6) is -1.65. The standard InChI is InChI=1S/C30H32N6O3S/c1-17-13-18(2)15-22(14-17)36(30(39)27-24(31)25(28(32)37)35-40-27)26(29(38)34-21-8-4-3-5-9-21)20-10-11-23-19(16-20)7-6-12-33-23/h6-7,10-16,21,26H,3-5,8-9,31H2,1-2H3,(H2,32,37)(H,34,38). The highest BCUT2D eigenvalue weighted by Gasteiger charge is 2.37. The molecule has 0 saturated heterocycles.